The highest BCUT2D eigenvalue weighted by atomic mass is 32.1. The maximum Gasteiger partial charge on any atom is 0.332 e. The highest BCUT2D eigenvalue weighted by Gasteiger charge is 2.61. The van der Waals surface area contributed by atoms with E-state index in [0.29, 0.717) is 47.8 Å². The van der Waals surface area contributed by atoms with Gasteiger partial charge in [0.15, 0.2) is 0 Å². The molecular weight excluding hydrogens is 516 g/mol. The van der Waals surface area contributed by atoms with Gasteiger partial charge in [0, 0.05) is 41.3 Å². The molecule has 0 spiro atoms. The summed E-state index contributed by atoms with van der Waals surface area (Å²) >= 11 is 1.52. The number of phenols is 1. The summed E-state index contributed by atoms with van der Waals surface area (Å²) in [5.41, 5.74) is 1.93. The van der Waals surface area contributed by atoms with E-state index in [1.807, 2.05) is 18.4 Å². The van der Waals surface area contributed by atoms with Crippen LogP contribution in [-0.2, 0) is 14.3 Å². The van der Waals surface area contributed by atoms with E-state index in [0.717, 1.165) is 16.1 Å². The van der Waals surface area contributed by atoms with E-state index < -0.39 is 17.6 Å². The molecule has 206 valence electrons. The van der Waals surface area contributed by atoms with Crippen molar-refractivity contribution in [3.8, 4) is 22.2 Å². The van der Waals surface area contributed by atoms with Gasteiger partial charge in [-0.3, -0.25) is 4.79 Å². The number of thiazole rings is 1. The SMILES string of the molecule is C=C[C@@H]1C[C@]1(NC(=O)[C@@H]1C[C@@H](Oc2cc(-c3nc(C(C)C)cs3)nc3c(C)c(O)ccc23)CN1)C(=O)OCC. The maximum absolute atomic E-state index is 13.1. The molecule has 1 aliphatic heterocycles. The quantitative estimate of drug-likeness (QED) is 0.267. The standard InChI is InChI=1S/C29H34N4O5S/c1-6-17-12-29(17,28(36)37-7-2)33-26(35)20-10-18(13-30-20)38-24-11-21(27-32-22(14-39-27)15(3)4)31-25-16(5)23(34)9-8-19(24)25/h6,8-9,11,14-15,17-18,20,30,34H,1,7,10,12-13H2,2-5H3,(H,33,35)/t17-,18-,20+,29-/m1/s1. The van der Waals surface area contributed by atoms with Gasteiger partial charge in [-0.2, -0.15) is 0 Å². The van der Waals surface area contributed by atoms with Crippen LogP contribution in [0.1, 0.15) is 50.8 Å². The van der Waals surface area contributed by atoms with Crippen LogP contribution in [0.25, 0.3) is 21.6 Å². The zero-order valence-electron chi connectivity index (χ0n) is 22.6. The fraction of sp³-hybridized carbons (Fsp3) is 0.448. The summed E-state index contributed by atoms with van der Waals surface area (Å²) in [4.78, 5) is 35.3. The van der Waals surface area contributed by atoms with Crippen molar-refractivity contribution in [3.05, 3.63) is 47.5 Å². The molecule has 3 heterocycles. The molecule has 2 aromatic heterocycles. The van der Waals surface area contributed by atoms with E-state index in [9.17, 15) is 14.7 Å². The number of fused-ring (bicyclic) bond motifs is 1. The first-order valence-electron chi connectivity index (χ1n) is 13.3. The van der Waals surface area contributed by atoms with E-state index >= 15 is 0 Å². The van der Waals surface area contributed by atoms with Crippen LogP contribution in [-0.4, -0.2) is 57.8 Å². The van der Waals surface area contributed by atoms with Crippen LogP contribution in [0, 0.1) is 12.8 Å². The molecule has 1 aromatic carbocycles. The summed E-state index contributed by atoms with van der Waals surface area (Å²) in [5, 5.41) is 20.1. The Kier molecular flexibility index (Phi) is 7.35. The number of carbonyl (C=O) groups excluding carboxylic acids is 2. The Morgan fingerprint density at radius 3 is 2.82 bits per heavy atom. The fourth-order valence-electron chi connectivity index (χ4n) is 5.00. The lowest BCUT2D eigenvalue weighted by molar-refractivity contribution is -0.149. The molecule has 2 fully saturated rings. The number of ether oxygens (including phenoxy) is 2. The van der Waals surface area contributed by atoms with E-state index in [1.165, 1.54) is 11.3 Å². The Morgan fingerprint density at radius 2 is 2.15 bits per heavy atom. The molecule has 1 amide bonds. The van der Waals surface area contributed by atoms with Gasteiger partial charge in [0.1, 0.15) is 33.8 Å². The lowest BCUT2D eigenvalue weighted by atomic mass is 10.1. The first-order valence-corrected chi connectivity index (χ1v) is 14.2. The van der Waals surface area contributed by atoms with Crippen molar-refractivity contribution >= 4 is 34.1 Å². The van der Waals surface area contributed by atoms with Crippen molar-refractivity contribution in [2.45, 2.75) is 64.1 Å². The zero-order chi connectivity index (χ0) is 27.9. The van der Waals surface area contributed by atoms with E-state index in [4.69, 9.17) is 19.4 Å². The fourth-order valence-corrected chi connectivity index (χ4v) is 5.94. The van der Waals surface area contributed by atoms with Crippen molar-refractivity contribution in [2.75, 3.05) is 13.2 Å². The van der Waals surface area contributed by atoms with Gasteiger partial charge >= 0.3 is 5.97 Å². The molecular formula is C29H34N4O5S. The van der Waals surface area contributed by atoms with Gasteiger partial charge in [-0.1, -0.05) is 19.9 Å². The number of aromatic hydroxyl groups is 1. The monoisotopic (exact) mass is 550 g/mol. The molecule has 10 heteroatoms. The molecule has 1 aliphatic carbocycles. The summed E-state index contributed by atoms with van der Waals surface area (Å²) < 4.78 is 11.7. The molecule has 0 radical (unpaired) electrons. The second-order valence-corrected chi connectivity index (χ2v) is 11.4. The van der Waals surface area contributed by atoms with Crippen LogP contribution < -0.4 is 15.4 Å². The summed E-state index contributed by atoms with van der Waals surface area (Å²) in [7, 11) is 0. The topological polar surface area (TPSA) is 123 Å². The number of benzene rings is 1. The Bertz CT molecular complexity index is 1440. The number of pyridine rings is 1. The minimum absolute atomic E-state index is 0.141. The smallest absolute Gasteiger partial charge is 0.332 e. The highest BCUT2D eigenvalue weighted by Crippen LogP contribution is 2.45. The summed E-state index contributed by atoms with van der Waals surface area (Å²) in [5.74, 6) is 0.244. The number of hydrogen-bond acceptors (Lipinski definition) is 9. The maximum atomic E-state index is 13.1. The summed E-state index contributed by atoms with van der Waals surface area (Å²) in [6.07, 6.45) is 2.31. The number of amides is 1. The van der Waals surface area contributed by atoms with Crippen LogP contribution in [0.4, 0.5) is 0 Å². The van der Waals surface area contributed by atoms with Crippen molar-refractivity contribution in [2.24, 2.45) is 5.92 Å². The number of rotatable bonds is 9. The number of phenolic OH excluding ortho intramolecular Hbond substituents is 1. The van der Waals surface area contributed by atoms with Crippen molar-refractivity contribution in [3.63, 3.8) is 0 Å². The van der Waals surface area contributed by atoms with E-state index in [1.54, 1.807) is 25.1 Å². The van der Waals surface area contributed by atoms with Crippen LogP contribution >= 0.6 is 11.3 Å². The average Bonchev–Trinajstić information content (AvgIpc) is 3.24. The Balaban J connectivity index is 1.37. The number of hydrogen-bond donors (Lipinski definition) is 3. The normalized spacial score (nSPS) is 24.1. The average molecular weight is 551 g/mol. The predicted octanol–water partition coefficient (Wildman–Crippen LogP) is 4.23. The second-order valence-electron chi connectivity index (χ2n) is 10.5. The van der Waals surface area contributed by atoms with Gasteiger partial charge in [0.05, 0.1) is 23.9 Å². The third-order valence-corrected chi connectivity index (χ3v) is 8.37. The molecule has 2 aliphatic rings. The lowest BCUT2D eigenvalue weighted by Crippen LogP contribution is -2.51. The number of aromatic nitrogens is 2. The number of nitrogens with zero attached hydrogens (tertiary/aromatic N) is 2. The molecule has 1 saturated carbocycles. The predicted molar refractivity (Wildman–Crippen MR) is 150 cm³/mol. The van der Waals surface area contributed by atoms with Gasteiger partial charge in [0.2, 0.25) is 5.91 Å². The van der Waals surface area contributed by atoms with Crippen molar-refractivity contribution in [1.82, 2.24) is 20.6 Å². The van der Waals surface area contributed by atoms with Gasteiger partial charge in [-0.15, -0.1) is 17.9 Å². The van der Waals surface area contributed by atoms with Crippen LogP contribution in [0.2, 0.25) is 0 Å². The Hall–Kier alpha value is -3.50. The zero-order valence-corrected chi connectivity index (χ0v) is 23.4. The first kappa shape index (κ1) is 27.1. The number of esters is 1. The first-order chi connectivity index (χ1) is 18.7. The molecule has 9 nitrogen and oxygen atoms in total. The minimum atomic E-state index is -1.03. The molecule has 0 bridgehead atoms. The molecule has 39 heavy (non-hydrogen) atoms. The van der Waals surface area contributed by atoms with Crippen LogP contribution in [0.5, 0.6) is 11.5 Å². The summed E-state index contributed by atoms with van der Waals surface area (Å²) in [6.45, 7) is 12.2. The molecule has 5 rings (SSSR count). The van der Waals surface area contributed by atoms with Gasteiger partial charge < -0.3 is 25.2 Å². The Labute approximate surface area is 231 Å². The Morgan fingerprint density at radius 1 is 1.36 bits per heavy atom. The number of carbonyl (C=O) groups is 2. The molecule has 3 aromatic rings. The van der Waals surface area contributed by atoms with Gasteiger partial charge in [0.25, 0.3) is 0 Å². The number of aryl methyl sites for hydroxylation is 1. The minimum Gasteiger partial charge on any atom is -0.508 e. The van der Waals surface area contributed by atoms with Gasteiger partial charge in [-0.05, 0) is 38.3 Å². The van der Waals surface area contributed by atoms with Crippen molar-refractivity contribution < 1.29 is 24.2 Å². The highest BCUT2D eigenvalue weighted by molar-refractivity contribution is 7.13. The van der Waals surface area contributed by atoms with Crippen LogP contribution in [0.15, 0.2) is 36.2 Å². The second kappa shape index (κ2) is 10.6. The number of nitrogens with one attached hydrogen (secondary N) is 2. The third-order valence-electron chi connectivity index (χ3n) is 7.49. The summed E-state index contributed by atoms with van der Waals surface area (Å²) in [6, 6.07) is 4.79. The lowest BCUT2D eigenvalue weighted by Gasteiger charge is -2.20. The molecule has 1 saturated heterocycles. The van der Waals surface area contributed by atoms with Crippen molar-refractivity contribution in [1.29, 1.82) is 0 Å². The van der Waals surface area contributed by atoms with Crippen LogP contribution in [0.3, 0.4) is 0 Å². The molecule has 4 atom stereocenters. The largest absolute Gasteiger partial charge is 0.508 e. The van der Waals surface area contributed by atoms with E-state index in [2.05, 4.69) is 31.1 Å². The third kappa shape index (κ3) is 5.10. The van der Waals surface area contributed by atoms with E-state index in [-0.39, 0.29) is 30.3 Å². The molecule has 3 N–H and O–H groups in total. The van der Waals surface area contributed by atoms with Gasteiger partial charge in [-0.25, -0.2) is 14.8 Å². The molecule has 0 unspecified atom stereocenters.